The summed E-state index contributed by atoms with van der Waals surface area (Å²) in [7, 11) is -3.82. The summed E-state index contributed by atoms with van der Waals surface area (Å²) in [5.74, 6) is 0. The molecular formula is C12H14N4O2S. The third-order valence-electron chi connectivity index (χ3n) is 2.53. The van der Waals surface area contributed by atoms with Crippen LogP contribution in [0.25, 0.3) is 0 Å². The van der Waals surface area contributed by atoms with Crippen LogP contribution in [0.15, 0.2) is 47.6 Å². The summed E-state index contributed by atoms with van der Waals surface area (Å²) >= 11 is 0. The molecule has 7 heteroatoms. The maximum absolute atomic E-state index is 11.4. The summed E-state index contributed by atoms with van der Waals surface area (Å²) in [6.45, 7) is 0.411. The summed E-state index contributed by atoms with van der Waals surface area (Å²) in [5.41, 5.74) is 7.61. The maximum atomic E-state index is 11.4. The molecule has 0 amide bonds. The van der Waals surface area contributed by atoms with Crippen LogP contribution in [0.2, 0.25) is 0 Å². The molecule has 2 rings (SSSR count). The molecule has 1 heterocycles. The second-order valence-electron chi connectivity index (χ2n) is 3.95. The summed E-state index contributed by atoms with van der Waals surface area (Å²) in [5, 5.41) is 8.14. The van der Waals surface area contributed by atoms with Crippen molar-refractivity contribution in [2.75, 3.05) is 5.32 Å². The fourth-order valence-electron chi connectivity index (χ4n) is 1.64. The Morgan fingerprint density at radius 1 is 1.26 bits per heavy atom. The number of nitrogens with two attached hydrogens (primary N) is 2. The van der Waals surface area contributed by atoms with E-state index in [1.807, 2.05) is 24.3 Å². The fourth-order valence-corrected chi connectivity index (χ4v) is 2.27. The van der Waals surface area contributed by atoms with Gasteiger partial charge in [0.15, 0.2) is 0 Å². The molecule has 0 atom stereocenters. The Morgan fingerprint density at radius 3 is 2.74 bits per heavy atom. The number of rotatable bonds is 4. The van der Waals surface area contributed by atoms with Gasteiger partial charge < -0.3 is 11.1 Å². The first-order valence-corrected chi connectivity index (χ1v) is 7.08. The van der Waals surface area contributed by atoms with Crippen molar-refractivity contribution in [1.29, 1.82) is 0 Å². The number of nitrogens with one attached hydrogen (secondary N) is 1. The second kappa shape index (κ2) is 5.35. The number of aromatic nitrogens is 1. The molecule has 0 spiro atoms. The van der Waals surface area contributed by atoms with Gasteiger partial charge in [0.25, 0.3) is 0 Å². The van der Waals surface area contributed by atoms with E-state index in [0.29, 0.717) is 12.2 Å². The van der Waals surface area contributed by atoms with E-state index in [1.54, 1.807) is 6.07 Å². The molecule has 0 aliphatic rings. The van der Waals surface area contributed by atoms with Gasteiger partial charge in [-0.05, 0) is 23.8 Å². The lowest BCUT2D eigenvalue weighted by Crippen LogP contribution is -2.14. The van der Waals surface area contributed by atoms with Gasteiger partial charge in [-0.25, -0.2) is 13.6 Å². The lowest BCUT2D eigenvalue weighted by Gasteiger charge is -2.10. The van der Waals surface area contributed by atoms with Gasteiger partial charge in [0, 0.05) is 24.6 Å². The predicted octanol–water partition coefficient (Wildman–Crippen LogP) is 0.931. The van der Waals surface area contributed by atoms with Crippen LogP contribution < -0.4 is 16.2 Å². The SMILES string of the molecule is NCc1cccc(Nc2ccncc2S(N)(=O)=O)c1. The quantitative estimate of drug-likeness (QED) is 0.770. The molecule has 6 nitrogen and oxygen atoms in total. The number of hydrogen-bond donors (Lipinski definition) is 3. The van der Waals surface area contributed by atoms with E-state index in [1.165, 1.54) is 12.4 Å². The van der Waals surface area contributed by atoms with E-state index in [9.17, 15) is 8.42 Å². The largest absolute Gasteiger partial charge is 0.354 e. The molecular weight excluding hydrogens is 264 g/mol. The highest BCUT2D eigenvalue weighted by molar-refractivity contribution is 7.89. The van der Waals surface area contributed by atoms with E-state index in [-0.39, 0.29) is 4.90 Å². The van der Waals surface area contributed by atoms with E-state index < -0.39 is 10.0 Å². The Bertz CT molecular complexity index is 686. The molecule has 0 radical (unpaired) electrons. The molecule has 100 valence electrons. The van der Waals surface area contributed by atoms with Crippen LogP contribution in [-0.2, 0) is 16.6 Å². The van der Waals surface area contributed by atoms with Crippen LogP contribution in [0.4, 0.5) is 11.4 Å². The molecule has 0 fully saturated rings. The molecule has 0 aliphatic carbocycles. The van der Waals surface area contributed by atoms with Crippen molar-refractivity contribution in [3.05, 3.63) is 48.3 Å². The van der Waals surface area contributed by atoms with Crippen LogP contribution in [0, 0.1) is 0 Å². The molecule has 5 N–H and O–H groups in total. The van der Waals surface area contributed by atoms with E-state index in [4.69, 9.17) is 10.9 Å². The molecule has 1 aromatic heterocycles. The number of anilines is 2. The third kappa shape index (κ3) is 3.28. The van der Waals surface area contributed by atoms with Gasteiger partial charge in [0.1, 0.15) is 4.90 Å². The first-order chi connectivity index (χ1) is 9.00. The van der Waals surface area contributed by atoms with Crippen molar-refractivity contribution in [3.8, 4) is 0 Å². The van der Waals surface area contributed by atoms with E-state index >= 15 is 0 Å². The summed E-state index contributed by atoms with van der Waals surface area (Å²) in [4.78, 5) is 3.72. The Balaban J connectivity index is 2.38. The lowest BCUT2D eigenvalue weighted by atomic mass is 10.2. The molecule has 0 unspecified atom stereocenters. The number of primary sulfonamides is 1. The summed E-state index contributed by atoms with van der Waals surface area (Å²) in [6.07, 6.45) is 2.70. The van der Waals surface area contributed by atoms with E-state index in [2.05, 4.69) is 10.3 Å². The summed E-state index contributed by atoms with van der Waals surface area (Å²) in [6, 6.07) is 8.93. The molecule has 0 aliphatic heterocycles. The monoisotopic (exact) mass is 278 g/mol. The average molecular weight is 278 g/mol. The van der Waals surface area contributed by atoms with Crippen LogP contribution >= 0.6 is 0 Å². The zero-order valence-electron chi connectivity index (χ0n) is 10.1. The number of pyridine rings is 1. The first-order valence-electron chi connectivity index (χ1n) is 5.53. The standard InChI is InChI=1S/C12H14N4O2S/c13-7-9-2-1-3-10(6-9)16-11-4-5-15-8-12(11)19(14,17)18/h1-6,8H,7,13H2,(H,15,16)(H2,14,17,18). The minimum atomic E-state index is -3.82. The highest BCUT2D eigenvalue weighted by atomic mass is 32.2. The fraction of sp³-hybridized carbons (Fsp3) is 0.0833. The highest BCUT2D eigenvalue weighted by Gasteiger charge is 2.13. The van der Waals surface area contributed by atoms with Crippen molar-refractivity contribution in [2.45, 2.75) is 11.4 Å². The van der Waals surface area contributed by atoms with Gasteiger partial charge in [-0.3, -0.25) is 4.98 Å². The van der Waals surface area contributed by atoms with Crippen molar-refractivity contribution in [3.63, 3.8) is 0 Å². The molecule has 0 saturated carbocycles. The van der Waals surface area contributed by atoms with Gasteiger partial charge in [-0.1, -0.05) is 12.1 Å². The van der Waals surface area contributed by atoms with Gasteiger partial charge in [-0.2, -0.15) is 0 Å². The Hall–Kier alpha value is -1.96. The van der Waals surface area contributed by atoms with Crippen molar-refractivity contribution >= 4 is 21.4 Å². The first kappa shape index (κ1) is 13.5. The van der Waals surface area contributed by atoms with E-state index in [0.717, 1.165) is 11.3 Å². The average Bonchev–Trinajstić information content (AvgIpc) is 2.38. The zero-order valence-corrected chi connectivity index (χ0v) is 10.9. The second-order valence-corrected chi connectivity index (χ2v) is 5.48. The number of nitrogens with zero attached hydrogens (tertiary/aromatic N) is 1. The third-order valence-corrected chi connectivity index (χ3v) is 3.47. The number of benzene rings is 1. The smallest absolute Gasteiger partial charge is 0.241 e. The van der Waals surface area contributed by atoms with Crippen LogP contribution in [-0.4, -0.2) is 13.4 Å². The summed E-state index contributed by atoms with van der Waals surface area (Å²) < 4.78 is 22.9. The van der Waals surface area contributed by atoms with Crippen molar-refractivity contribution in [1.82, 2.24) is 4.98 Å². The molecule has 1 aromatic carbocycles. The van der Waals surface area contributed by atoms with Crippen LogP contribution in [0.5, 0.6) is 0 Å². The molecule has 0 bridgehead atoms. The van der Waals surface area contributed by atoms with Gasteiger partial charge in [0.05, 0.1) is 5.69 Å². The number of hydrogen-bond acceptors (Lipinski definition) is 5. The molecule has 2 aromatic rings. The number of sulfonamides is 1. The van der Waals surface area contributed by atoms with Crippen LogP contribution in [0.1, 0.15) is 5.56 Å². The van der Waals surface area contributed by atoms with Crippen molar-refractivity contribution in [2.24, 2.45) is 10.9 Å². The Labute approximate surface area is 111 Å². The van der Waals surface area contributed by atoms with Gasteiger partial charge in [-0.15, -0.1) is 0 Å². The Morgan fingerprint density at radius 2 is 2.05 bits per heavy atom. The predicted molar refractivity (Wildman–Crippen MR) is 73.2 cm³/mol. The van der Waals surface area contributed by atoms with Crippen molar-refractivity contribution < 1.29 is 8.42 Å². The van der Waals surface area contributed by atoms with Gasteiger partial charge in [0.2, 0.25) is 10.0 Å². The Kier molecular flexibility index (Phi) is 3.79. The normalized spacial score (nSPS) is 11.3. The van der Waals surface area contributed by atoms with Gasteiger partial charge >= 0.3 is 0 Å². The topological polar surface area (TPSA) is 111 Å². The molecule has 19 heavy (non-hydrogen) atoms. The highest BCUT2D eigenvalue weighted by Crippen LogP contribution is 2.23. The van der Waals surface area contributed by atoms with Crippen LogP contribution in [0.3, 0.4) is 0 Å². The molecule has 0 saturated heterocycles. The lowest BCUT2D eigenvalue weighted by molar-refractivity contribution is 0.598. The minimum absolute atomic E-state index is 0.0480. The maximum Gasteiger partial charge on any atom is 0.241 e. The zero-order chi connectivity index (χ0) is 13.9. The minimum Gasteiger partial charge on any atom is -0.354 e.